The number of thioether (sulfide) groups is 1. The van der Waals surface area contributed by atoms with E-state index >= 15 is 0 Å². The van der Waals surface area contributed by atoms with Crippen molar-refractivity contribution in [1.29, 1.82) is 0 Å². The van der Waals surface area contributed by atoms with Crippen LogP contribution in [0.15, 0.2) is 47.4 Å². The lowest BCUT2D eigenvalue weighted by molar-refractivity contribution is -0.169. The minimum absolute atomic E-state index is 0.0142. The van der Waals surface area contributed by atoms with Crippen LogP contribution in [0.1, 0.15) is 29.6 Å². The van der Waals surface area contributed by atoms with Gasteiger partial charge in [-0.05, 0) is 25.1 Å². The highest BCUT2D eigenvalue weighted by atomic mass is 32.2. The van der Waals surface area contributed by atoms with Crippen molar-refractivity contribution in [3.63, 3.8) is 0 Å². The zero-order valence-electron chi connectivity index (χ0n) is 16.7. The number of rotatable bonds is 6. The second kappa shape index (κ2) is 9.00. The van der Waals surface area contributed by atoms with Crippen molar-refractivity contribution in [3.05, 3.63) is 58.6 Å². The van der Waals surface area contributed by atoms with E-state index in [4.69, 9.17) is 4.74 Å². The van der Waals surface area contributed by atoms with Gasteiger partial charge in [-0.2, -0.15) is 4.98 Å². The van der Waals surface area contributed by atoms with Crippen LogP contribution in [0.2, 0.25) is 0 Å². The monoisotopic (exact) mass is 447 g/mol. The number of hydrogen-bond acceptors (Lipinski definition) is 9. The molecule has 1 fully saturated rings. The van der Waals surface area contributed by atoms with Crippen LogP contribution in [0.25, 0.3) is 0 Å². The van der Waals surface area contributed by atoms with Crippen molar-refractivity contribution in [2.45, 2.75) is 36.2 Å². The predicted molar refractivity (Wildman–Crippen MR) is 112 cm³/mol. The fourth-order valence-corrected chi connectivity index (χ4v) is 4.96. The molecule has 1 saturated heterocycles. The number of Topliss-reactive ketones (excluding diaryl/α,β-unsaturated/α-hetero) is 1. The molecule has 2 heterocycles. The topological polar surface area (TPSA) is 148 Å². The molecule has 0 radical (unpaired) electrons. The SMILES string of the molecule is CC(=O)O[C@@H]1[C@@H](CO)S[C@@H](n2ccc(NC(=O)c3ccccc3)nc2=O)[C@@]1(O)C(C)=O. The number of hydrogen-bond donors (Lipinski definition) is 3. The molecule has 1 amide bonds. The molecular weight excluding hydrogens is 426 g/mol. The van der Waals surface area contributed by atoms with Gasteiger partial charge < -0.3 is 20.3 Å². The molecule has 2 aromatic rings. The van der Waals surface area contributed by atoms with E-state index in [1.807, 2.05) is 0 Å². The van der Waals surface area contributed by atoms with E-state index in [9.17, 15) is 29.4 Å². The largest absolute Gasteiger partial charge is 0.458 e. The molecule has 3 rings (SSSR count). The normalized spacial score (nSPS) is 25.1. The lowest BCUT2D eigenvalue weighted by Gasteiger charge is -2.32. The van der Waals surface area contributed by atoms with Crippen LogP contribution < -0.4 is 11.0 Å². The molecule has 1 aliphatic rings. The van der Waals surface area contributed by atoms with Crippen LogP contribution >= 0.6 is 11.8 Å². The number of carbonyl (C=O) groups is 3. The molecule has 31 heavy (non-hydrogen) atoms. The first-order valence-electron chi connectivity index (χ1n) is 9.31. The Hall–Kier alpha value is -3.02. The summed E-state index contributed by atoms with van der Waals surface area (Å²) in [5.41, 5.74) is -2.73. The summed E-state index contributed by atoms with van der Waals surface area (Å²) in [5, 5.41) is 21.3. The Morgan fingerprint density at radius 1 is 1.23 bits per heavy atom. The highest BCUT2D eigenvalue weighted by Gasteiger charge is 2.61. The maximum atomic E-state index is 12.7. The second-order valence-corrected chi connectivity index (χ2v) is 8.27. The van der Waals surface area contributed by atoms with Crippen LogP contribution in [0.4, 0.5) is 5.82 Å². The Balaban J connectivity index is 1.92. The Kier molecular flexibility index (Phi) is 6.58. The summed E-state index contributed by atoms with van der Waals surface area (Å²) in [6.45, 7) is 1.73. The van der Waals surface area contributed by atoms with E-state index in [-0.39, 0.29) is 5.82 Å². The summed E-state index contributed by atoms with van der Waals surface area (Å²) in [6, 6.07) is 9.69. The molecule has 1 aliphatic heterocycles. The Morgan fingerprint density at radius 3 is 2.45 bits per heavy atom. The van der Waals surface area contributed by atoms with Gasteiger partial charge in [0.05, 0.1) is 11.9 Å². The third-order valence-corrected chi connectivity index (χ3v) is 6.44. The van der Waals surface area contributed by atoms with Crippen molar-refractivity contribution < 1.29 is 29.3 Å². The molecule has 0 aliphatic carbocycles. The fraction of sp³-hybridized carbons (Fsp3) is 0.350. The summed E-state index contributed by atoms with van der Waals surface area (Å²) in [7, 11) is 0. The first-order valence-corrected chi connectivity index (χ1v) is 10.2. The lowest BCUT2D eigenvalue weighted by Crippen LogP contribution is -2.55. The van der Waals surface area contributed by atoms with Crippen LogP contribution in [0, 0.1) is 0 Å². The molecule has 0 spiro atoms. The molecule has 1 aromatic heterocycles. The van der Waals surface area contributed by atoms with E-state index in [1.165, 1.54) is 12.3 Å². The lowest BCUT2D eigenvalue weighted by atomic mass is 9.90. The Bertz CT molecular complexity index is 1060. The highest BCUT2D eigenvalue weighted by Crippen LogP contribution is 2.50. The minimum atomic E-state index is -2.26. The van der Waals surface area contributed by atoms with Crippen LogP contribution in [0.3, 0.4) is 0 Å². The average molecular weight is 447 g/mol. The minimum Gasteiger partial charge on any atom is -0.458 e. The van der Waals surface area contributed by atoms with Gasteiger partial charge in [0.15, 0.2) is 17.5 Å². The molecular formula is C20H21N3O7S. The van der Waals surface area contributed by atoms with E-state index in [0.717, 1.165) is 30.2 Å². The van der Waals surface area contributed by atoms with Gasteiger partial charge >= 0.3 is 11.7 Å². The van der Waals surface area contributed by atoms with Crippen LogP contribution in [-0.2, 0) is 14.3 Å². The zero-order valence-corrected chi connectivity index (χ0v) is 17.5. The van der Waals surface area contributed by atoms with E-state index < -0.39 is 52.3 Å². The van der Waals surface area contributed by atoms with Crippen molar-refractivity contribution in [2.24, 2.45) is 0 Å². The number of carbonyl (C=O) groups excluding carboxylic acids is 3. The van der Waals surface area contributed by atoms with Crippen LogP contribution in [0.5, 0.6) is 0 Å². The number of aliphatic hydroxyl groups is 2. The Labute approximate surface area is 181 Å². The zero-order chi connectivity index (χ0) is 22.8. The molecule has 11 heteroatoms. The van der Waals surface area contributed by atoms with Gasteiger partial charge in [0, 0.05) is 18.7 Å². The predicted octanol–water partition coefficient (Wildman–Crippen LogP) is 0.354. The standard InChI is InChI=1S/C20H21N3O7S/c1-11(25)20(29)16(30-12(2)26)14(10-24)31-18(20)23-9-8-15(22-19(23)28)21-17(27)13-6-4-3-5-7-13/h3-9,14,16,18,24,29H,10H2,1-2H3,(H,21,22,27,28)/t14-,16-,18-,20-/m1/s1. The number of aromatic nitrogens is 2. The number of nitrogens with one attached hydrogen (secondary N) is 1. The number of ether oxygens (including phenoxy) is 1. The summed E-state index contributed by atoms with van der Waals surface area (Å²) in [6.07, 6.45) is -0.0848. The summed E-state index contributed by atoms with van der Waals surface area (Å²) >= 11 is 0.917. The third-order valence-electron chi connectivity index (χ3n) is 4.85. The number of anilines is 1. The first kappa shape index (κ1) is 22.7. The Morgan fingerprint density at radius 2 is 1.90 bits per heavy atom. The summed E-state index contributed by atoms with van der Waals surface area (Å²) in [5.74, 6) is -1.95. The van der Waals surface area contributed by atoms with Gasteiger partial charge in [-0.3, -0.25) is 19.0 Å². The van der Waals surface area contributed by atoms with Gasteiger partial charge in [-0.15, -0.1) is 11.8 Å². The van der Waals surface area contributed by atoms with E-state index in [0.29, 0.717) is 5.56 Å². The van der Waals surface area contributed by atoms with Gasteiger partial charge in [-0.1, -0.05) is 18.2 Å². The molecule has 0 saturated carbocycles. The number of nitrogens with zero attached hydrogens (tertiary/aromatic N) is 2. The number of ketones is 1. The summed E-state index contributed by atoms with van der Waals surface area (Å²) < 4.78 is 6.14. The smallest absolute Gasteiger partial charge is 0.350 e. The quantitative estimate of drug-likeness (QED) is 0.534. The maximum absolute atomic E-state index is 12.7. The molecule has 0 bridgehead atoms. The van der Waals surface area contributed by atoms with Crippen molar-refractivity contribution in [3.8, 4) is 0 Å². The number of amides is 1. The van der Waals surface area contributed by atoms with Crippen molar-refractivity contribution in [1.82, 2.24) is 9.55 Å². The molecule has 4 atom stereocenters. The number of aliphatic hydroxyl groups excluding tert-OH is 1. The van der Waals surface area contributed by atoms with Crippen LogP contribution in [-0.4, -0.2) is 61.0 Å². The number of esters is 1. The van der Waals surface area contributed by atoms with Gasteiger partial charge in [0.1, 0.15) is 11.2 Å². The highest BCUT2D eigenvalue weighted by molar-refractivity contribution is 8.00. The summed E-state index contributed by atoms with van der Waals surface area (Å²) in [4.78, 5) is 52.6. The van der Waals surface area contributed by atoms with Gasteiger partial charge in [0.2, 0.25) is 0 Å². The molecule has 1 aromatic carbocycles. The van der Waals surface area contributed by atoms with Gasteiger partial charge in [-0.25, -0.2) is 4.79 Å². The van der Waals surface area contributed by atoms with E-state index in [1.54, 1.807) is 30.3 Å². The molecule has 0 unspecified atom stereocenters. The molecule has 3 N–H and O–H groups in total. The average Bonchev–Trinajstić information content (AvgIpc) is 3.01. The van der Waals surface area contributed by atoms with E-state index in [2.05, 4.69) is 10.3 Å². The van der Waals surface area contributed by atoms with Gasteiger partial charge in [0.25, 0.3) is 5.91 Å². The number of benzene rings is 1. The van der Waals surface area contributed by atoms with Crippen molar-refractivity contribution in [2.75, 3.05) is 11.9 Å². The second-order valence-electron chi connectivity index (χ2n) is 6.94. The van der Waals surface area contributed by atoms with Crippen molar-refractivity contribution >= 4 is 35.2 Å². The molecule has 164 valence electrons. The first-order chi connectivity index (χ1) is 14.7. The maximum Gasteiger partial charge on any atom is 0.350 e. The fourth-order valence-electron chi connectivity index (χ4n) is 3.34. The third kappa shape index (κ3) is 4.38. The molecule has 10 nitrogen and oxygen atoms in total.